The highest BCUT2D eigenvalue weighted by Gasteiger charge is 2.09. The van der Waals surface area contributed by atoms with Crippen molar-refractivity contribution in [2.75, 3.05) is 14.2 Å². The first kappa shape index (κ1) is 18.0. The van der Waals surface area contributed by atoms with Crippen molar-refractivity contribution in [3.63, 3.8) is 0 Å². The van der Waals surface area contributed by atoms with E-state index in [1.54, 1.807) is 12.2 Å². The van der Waals surface area contributed by atoms with Crippen molar-refractivity contribution in [2.24, 2.45) is 0 Å². The predicted molar refractivity (Wildman–Crippen MR) is 70.9 cm³/mol. The predicted octanol–water partition coefficient (Wildman–Crippen LogP) is 1.37. The van der Waals surface area contributed by atoms with Gasteiger partial charge in [0.2, 0.25) is 0 Å². The van der Waals surface area contributed by atoms with Gasteiger partial charge in [0.05, 0.1) is 14.2 Å². The summed E-state index contributed by atoms with van der Waals surface area (Å²) in [6.07, 6.45) is 4.70. The van der Waals surface area contributed by atoms with E-state index in [1.807, 2.05) is 0 Å². The Bertz CT molecular complexity index is 347. The summed E-state index contributed by atoms with van der Waals surface area (Å²) >= 11 is 0. The molecular weight excluding hydrogens is 264 g/mol. The maximum Gasteiger partial charge on any atom is 0.313 e. The zero-order chi connectivity index (χ0) is 15.4. The number of hydrogen-bond donors (Lipinski definition) is 0. The van der Waals surface area contributed by atoms with Gasteiger partial charge in [0.15, 0.2) is 0 Å². The molecular formula is C14H20O6. The van der Waals surface area contributed by atoms with Crippen LogP contribution < -0.4 is 0 Å². The van der Waals surface area contributed by atoms with Gasteiger partial charge in [0.1, 0.15) is 24.4 Å². The normalized spacial score (nSPS) is 10.3. The lowest BCUT2D eigenvalue weighted by Crippen LogP contribution is -2.08. The number of esters is 2. The van der Waals surface area contributed by atoms with Crippen LogP contribution in [0.1, 0.15) is 38.5 Å². The molecule has 0 amide bonds. The zero-order valence-corrected chi connectivity index (χ0v) is 11.8. The smallest absolute Gasteiger partial charge is 0.313 e. The molecule has 0 bridgehead atoms. The van der Waals surface area contributed by atoms with E-state index in [0.29, 0.717) is 12.8 Å². The molecule has 0 aromatic rings. The topological polar surface area (TPSA) is 86.7 Å². The maximum atomic E-state index is 11.3. The van der Waals surface area contributed by atoms with E-state index < -0.39 is 11.9 Å². The summed E-state index contributed by atoms with van der Waals surface area (Å²) in [4.78, 5) is 44.2. The van der Waals surface area contributed by atoms with Crippen LogP contribution in [0.4, 0.5) is 0 Å². The Kier molecular flexibility index (Phi) is 9.82. The van der Waals surface area contributed by atoms with E-state index in [4.69, 9.17) is 0 Å². The third-order valence-corrected chi connectivity index (χ3v) is 2.48. The summed E-state index contributed by atoms with van der Waals surface area (Å²) in [7, 11) is 2.47. The number of hydrogen-bond acceptors (Lipinski definition) is 6. The van der Waals surface area contributed by atoms with Gasteiger partial charge >= 0.3 is 11.9 Å². The lowest BCUT2D eigenvalue weighted by molar-refractivity contribution is -0.144. The first-order valence-corrected chi connectivity index (χ1v) is 6.31. The van der Waals surface area contributed by atoms with Gasteiger partial charge in [0, 0.05) is 12.8 Å². The van der Waals surface area contributed by atoms with Gasteiger partial charge in [-0.05, 0) is 12.8 Å². The second-order valence-corrected chi connectivity index (χ2v) is 4.13. The molecule has 0 aromatic heterocycles. The molecule has 112 valence electrons. The summed E-state index contributed by atoms with van der Waals surface area (Å²) in [6, 6.07) is 0. The second-order valence-electron chi connectivity index (χ2n) is 4.13. The SMILES string of the molecule is COC(=O)CC(=O)CC/C=C/CCC(=O)CC(=O)OC. The summed E-state index contributed by atoms with van der Waals surface area (Å²) in [5.74, 6) is -1.42. The highest BCUT2D eigenvalue weighted by molar-refractivity contribution is 5.96. The highest BCUT2D eigenvalue weighted by atomic mass is 16.5. The van der Waals surface area contributed by atoms with Gasteiger partial charge in [0.25, 0.3) is 0 Å². The number of allylic oxidation sites excluding steroid dienone is 2. The summed E-state index contributed by atoms with van der Waals surface area (Å²) in [6.45, 7) is 0. The van der Waals surface area contributed by atoms with Crippen molar-refractivity contribution in [2.45, 2.75) is 38.5 Å². The van der Waals surface area contributed by atoms with E-state index in [2.05, 4.69) is 9.47 Å². The molecule has 0 aliphatic rings. The van der Waals surface area contributed by atoms with E-state index in [-0.39, 0.29) is 37.2 Å². The summed E-state index contributed by atoms with van der Waals surface area (Å²) < 4.78 is 8.76. The number of carbonyl (C=O) groups excluding carboxylic acids is 4. The number of methoxy groups -OCH3 is 2. The van der Waals surface area contributed by atoms with Crippen molar-refractivity contribution >= 4 is 23.5 Å². The minimum Gasteiger partial charge on any atom is -0.469 e. The standard InChI is InChI=1S/C14H20O6/c1-19-13(17)9-11(15)7-5-3-4-6-8-12(16)10-14(18)20-2/h3-4H,5-10H2,1-2H3/b4-3+. The molecule has 0 aromatic carbocycles. The number of Topliss-reactive ketones (excluding diaryl/α,β-unsaturated/α-hetero) is 2. The van der Waals surface area contributed by atoms with Gasteiger partial charge < -0.3 is 9.47 Å². The van der Waals surface area contributed by atoms with Gasteiger partial charge in [-0.2, -0.15) is 0 Å². The third kappa shape index (κ3) is 9.99. The Balaban J connectivity index is 3.67. The van der Waals surface area contributed by atoms with Crippen molar-refractivity contribution < 1.29 is 28.7 Å². The molecule has 20 heavy (non-hydrogen) atoms. The van der Waals surface area contributed by atoms with E-state index >= 15 is 0 Å². The molecule has 0 fully saturated rings. The molecule has 0 heterocycles. The second kappa shape index (κ2) is 10.9. The minimum absolute atomic E-state index is 0.178. The molecule has 0 aliphatic heterocycles. The molecule has 0 atom stereocenters. The Morgan fingerprint density at radius 1 is 0.750 bits per heavy atom. The zero-order valence-electron chi connectivity index (χ0n) is 11.8. The molecule has 0 spiro atoms. The van der Waals surface area contributed by atoms with E-state index in [9.17, 15) is 19.2 Å². The van der Waals surface area contributed by atoms with Crippen LogP contribution in [0.3, 0.4) is 0 Å². The molecule has 0 aliphatic carbocycles. The molecule has 0 radical (unpaired) electrons. The van der Waals surface area contributed by atoms with Crippen LogP contribution in [-0.4, -0.2) is 37.7 Å². The van der Waals surface area contributed by atoms with Crippen LogP contribution in [-0.2, 0) is 28.7 Å². The lowest BCUT2D eigenvalue weighted by atomic mass is 10.1. The molecule has 0 saturated carbocycles. The molecule has 6 nitrogen and oxygen atoms in total. The van der Waals surface area contributed by atoms with Crippen LogP contribution in [0.2, 0.25) is 0 Å². The summed E-state index contributed by atoms with van der Waals surface area (Å²) in [5, 5.41) is 0. The van der Waals surface area contributed by atoms with Crippen LogP contribution >= 0.6 is 0 Å². The fourth-order valence-electron chi connectivity index (χ4n) is 1.37. The van der Waals surface area contributed by atoms with Crippen LogP contribution in [0.15, 0.2) is 12.2 Å². The van der Waals surface area contributed by atoms with Crippen LogP contribution in [0, 0.1) is 0 Å². The first-order valence-electron chi connectivity index (χ1n) is 6.31. The van der Waals surface area contributed by atoms with Gasteiger partial charge in [-0.25, -0.2) is 0 Å². The van der Waals surface area contributed by atoms with Crippen molar-refractivity contribution in [1.29, 1.82) is 0 Å². The Hall–Kier alpha value is -1.98. The number of rotatable bonds is 10. The Labute approximate surface area is 118 Å². The van der Waals surface area contributed by atoms with Crippen molar-refractivity contribution in [3.8, 4) is 0 Å². The fourth-order valence-corrected chi connectivity index (χ4v) is 1.37. The largest absolute Gasteiger partial charge is 0.469 e. The van der Waals surface area contributed by atoms with Crippen molar-refractivity contribution in [3.05, 3.63) is 12.2 Å². The Morgan fingerprint density at radius 2 is 1.10 bits per heavy atom. The molecule has 6 heteroatoms. The maximum absolute atomic E-state index is 11.3. The van der Waals surface area contributed by atoms with Gasteiger partial charge in [-0.15, -0.1) is 0 Å². The van der Waals surface area contributed by atoms with E-state index in [0.717, 1.165) is 0 Å². The average molecular weight is 284 g/mol. The lowest BCUT2D eigenvalue weighted by Gasteiger charge is -1.98. The number of ether oxygens (including phenoxy) is 2. The van der Waals surface area contributed by atoms with Crippen LogP contribution in [0.5, 0.6) is 0 Å². The Morgan fingerprint density at radius 3 is 1.40 bits per heavy atom. The molecule has 0 saturated heterocycles. The third-order valence-electron chi connectivity index (χ3n) is 2.48. The number of ketones is 2. The molecule has 0 unspecified atom stereocenters. The minimum atomic E-state index is -0.535. The quantitative estimate of drug-likeness (QED) is 0.342. The average Bonchev–Trinajstić information content (AvgIpc) is 2.42. The number of carbonyl (C=O) groups is 4. The fraction of sp³-hybridized carbons (Fsp3) is 0.571. The van der Waals surface area contributed by atoms with Crippen molar-refractivity contribution in [1.82, 2.24) is 0 Å². The molecule has 0 rings (SSSR count). The first-order chi connectivity index (χ1) is 9.49. The highest BCUT2D eigenvalue weighted by Crippen LogP contribution is 2.02. The van der Waals surface area contributed by atoms with Crippen LogP contribution in [0.25, 0.3) is 0 Å². The van der Waals surface area contributed by atoms with Gasteiger partial charge in [-0.3, -0.25) is 19.2 Å². The van der Waals surface area contributed by atoms with Gasteiger partial charge in [-0.1, -0.05) is 12.2 Å². The monoisotopic (exact) mass is 284 g/mol. The summed E-state index contributed by atoms with van der Waals surface area (Å²) in [5.41, 5.74) is 0. The molecule has 0 N–H and O–H groups in total. The van der Waals surface area contributed by atoms with E-state index in [1.165, 1.54) is 14.2 Å².